The molecular formula is C17H15ClN2O3S. The Bertz CT molecular complexity index is 1060. The van der Waals surface area contributed by atoms with E-state index in [1.165, 1.54) is 18.2 Å². The summed E-state index contributed by atoms with van der Waals surface area (Å²) in [5.74, 6) is 0. The third-order valence-corrected chi connectivity index (χ3v) is 5.46. The minimum Gasteiger partial charge on any atom is -0.322 e. The van der Waals surface area contributed by atoms with Crippen LogP contribution in [0.5, 0.6) is 0 Å². The van der Waals surface area contributed by atoms with E-state index in [0.717, 1.165) is 5.56 Å². The summed E-state index contributed by atoms with van der Waals surface area (Å²) in [7, 11) is -3.71. The van der Waals surface area contributed by atoms with Crippen molar-refractivity contribution < 1.29 is 8.42 Å². The summed E-state index contributed by atoms with van der Waals surface area (Å²) in [5, 5.41) is 1.20. The lowest BCUT2D eigenvalue weighted by atomic mass is 10.1. The quantitative estimate of drug-likeness (QED) is 0.747. The van der Waals surface area contributed by atoms with Crippen LogP contribution in [0.4, 0.5) is 0 Å². The lowest BCUT2D eigenvalue weighted by Crippen LogP contribution is -2.26. The Balaban J connectivity index is 1.92. The lowest BCUT2D eigenvalue weighted by molar-refractivity contribution is 0.567. The average Bonchev–Trinajstić information content (AvgIpc) is 2.53. The van der Waals surface area contributed by atoms with E-state index >= 15 is 0 Å². The zero-order chi connectivity index (χ0) is 17.3. The van der Waals surface area contributed by atoms with Gasteiger partial charge in [-0.25, -0.2) is 13.1 Å². The second kappa shape index (κ2) is 6.39. The lowest BCUT2D eigenvalue weighted by Gasteiger charge is -2.15. The second-order valence-electron chi connectivity index (χ2n) is 5.47. The Kier molecular flexibility index (Phi) is 4.45. The number of benzene rings is 2. The van der Waals surface area contributed by atoms with Gasteiger partial charge in [0.1, 0.15) is 0 Å². The minimum absolute atomic E-state index is 0.135. The summed E-state index contributed by atoms with van der Waals surface area (Å²) < 4.78 is 27.8. The number of rotatable bonds is 4. The van der Waals surface area contributed by atoms with Gasteiger partial charge in [-0.05, 0) is 54.3 Å². The number of hydrogen-bond donors (Lipinski definition) is 2. The number of fused-ring (bicyclic) bond motifs is 1. The maximum Gasteiger partial charge on any atom is 0.248 e. The molecule has 1 aromatic heterocycles. The molecule has 2 N–H and O–H groups in total. The molecule has 0 spiro atoms. The number of sulfonamides is 1. The van der Waals surface area contributed by atoms with Gasteiger partial charge in [0, 0.05) is 22.6 Å². The molecule has 0 aliphatic heterocycles. The fourth-order valence-corrected chi connectivity index (χ4v) is 3.91. The first kappa shape index (κ1) is 16.7. The Morgan fingerprint density at radius 3 is 2.62 bits per heavy atom. The molecule has 3 aromatic rings. The molecular weight excluding hydrogens is 348 g/mol. The van der Waals surface area contributed by atoms with Crippen molar-refractivity contribution >= 4 is 32.5 Å². The number of hydrogen-bond acceptors (Lipinski definition) is 3. The molecule has 1 heterocycles. The molecule has 5 nitrogen and oxygen atoms in total. The second-order valence-corrected chi connectivity index (χ2v) is 7.62. The van der Waals surface area contributed by atoms with Gasteiger partial charge >= 0.3 is 0 Å². The van der Waals surface area contributed by atoms with Gasteiger partial charge in [-0.2, -0.15) is 0 Å². The highest BCUT2D eigenvalue weighted by Crippen LogP contribution is 2.21. The first-order chi connectivity index (χ1) is 11.3. The fourth-order valence-electron chi connectivity index (χ4n) is 2.44. The summed E-state index contributed by atoms with van der Waals surface area (Å²) >= 11 is 5.95. The summed E-state index contributed by atoms with van der Waals surface area (Å²) in [6.07, 6.45) is 0. The van der Waals surface area contributed by atoms with Crippen LogP contribution in [0.1, 0.15) is 18.5 Å². The molecule has 24 heavy (non-hydrogen) atoms. The Morgan fingerprint density at radius 1 is 1.08 bits per heavy atom. The monoisotopic (exact) mass is 362 g/mol. The van der Waals surface area contributed by atoms with Crippen LogP contribution < -0.4 is 10.3 Å². The number of nitrogens with one attached hydrogen (secondary N) is 2. The van der Waals surface area contributed by atoms with Crippen molar-refractivity contribution in [3.8, 4) is 0 Å². The van der Waals surface area contributed by atoms with E-state index in [4.69, 9.17) is 11.6 Å². The number of halogens is 1. The number of aromatic nitrogens is 1. The van der Waals surface area contributed by atoms with Crippen molar-refractivity contribution in [2.45, 2.75) is 17.9 Å². The topological polar surface area (TPSA) is 79.0 Å². The van der Waals surface area contributed by atoms with E-state index in [0.29, 0.717) is 15.9 Å². The molecule has 124 valence electrons. The van der Waals surface area contributed by atoms with Gasteiger partial charge in [-0.15, -0.1) is 0 Å². The van der Waals surface area contributed by atoms with Gasteiger partial charge in [-0.1, -0.05) is 23.7 Å². The highest BCUT2D eigenvalue weighted by Gasteiger charge is 2.19. The van der Waals surface area contributed by atoms with Gasteiger partial charge < -0.3 is 4.98 Å². The SMILES string of the molecule is C[C@@H](NS(=O)(=O)c1ccc2[nH]c(=O)ccc2c1)c1cccc(Cl)c1. The summed E-state index contributed by atoms with van der Waals surface area (Å²) in [4.78, 5) is 14.1. The van der Waals surface area contributed by atoms with E-state index in [1.807, 2.05) is 6.07 Å². The zero-order valence-electron chi connectivity index (χ0n) is 12.8. The van der Waals surface area contributed by atoms with E-state index in [9.17, 15) is 13.2 Å². The van der Waals surface area contributed by atoms with Crippen LogP contribution in [0.25, 0.3) is 10.9 Å². The third-order valence-electron chi connectivity index (χ3n) is 3.69. The van der Waals surface area contributed by atoms with Crippen molar-refractivity contribution in [3.63, 3.8) is 0 Å². The van der Waals surface area contributed by atoms with Crippen molar-refractivity contribution in [3.05, 3.63) is 75.5 Å². The highest BCUT2D eigenvalue weighted by molar-refractivity contribution is 7.89. The molecule has 0 saturated heterocycles. The molecule has 7 heteroatoms. The molecule has 3 rings (SSSR count). The Morgan fingerprint density at radius 2 is 1.88 bits per heavy atom. The van der Waals surface area contributed by atoms with Crippen LogP contribution in [0.15, 0.2) is 64.3 Å². The minimum atomic E-state index is -3.71. The largest absolute Gasteiger partial charge is 0.322 e. The summed E-state index contributed by atoms with van der Waals surface area (Å²) in [6, 6.07) is 14.1. The van der Waals surface area contributed by atoms with Crippen LogP contribution in [0.3, 0.4) is 0 Å². The van der Waals surface area contributed by atoms with Gasteiger partial charge in [-0.3, -0.25) is 4.79 Å². The van der Waals surface area contributed by atoms with E-state index in [1.54, 1.807) is 37.3 Å². The first-order valence-corrected chi connectivity index (χ1v) is 9.12. The standard InChI is InChI=1S/C17H15ClN2O3S/c1-11(12-3-2-4-14(18)9-12)20-24(22,23)15-6-7-16-13(10-15)5-8-17(21)19-16/h2-11,20H,1H3,(H,19,21)/t11-/m1/s1. The molecule has 0 amide bonds. The van der Waals surface area contributed by atoms with Gasteiger partial charge in [0.25, 0.3) is 0 Å². The molecule has 1 atom stereocenters. The number of aromatic amines is 1. The van der Waals surface area contributed by atoms with Crippen molar-refractivity contribution in [1.29, 1.82) is 0 Å². The Hall–Kier alpha value is -2.15. The maximum atomic E-state index is 12.6. The van der Waals surface area contributed by atoms with Crippen LogP contribution in [-0.2, 0) is 10.0 Å². The van der Waals surface area contributed by atoms with Crippen LogP contribution >= 0.6 is 11.6 Å². The fraction of sp³-hybridized carbons (Fsp3) is 0.118. The summed E-state index contributed by atoms with van der Waals surface area (Å²) in [6.45, 7) is 1.75. The van der Waals surface area contributed by atoms with Gasteiger partial charge in [0.15, 0.2) is 0 Å². The molecule has 0 unspecified atom stereocenters. The van der Waals surface area contributed by atoms with Crippen LogP contribution in [0.2, 0.25) is 5.02 Å². The third kappa shape index (κ3) is 3.51. The van der Waals surface area contributed by atoms with E-state index < -0.39 is 16.1 Å². The molecule has 0 radical (unpaired) electrons. The average molecular weight is 363 g/mol. The normalized spacial score (nSPS) is 13.1. The maximum absolute atomic E-state index is 12.6. The van der Waals surface area contributed by atoms with E-state index in [-0.39, 0.29) is 10.5 Å². The van der Waals surface area contributed by atoms with Crippen molar-refractivity contribution in [2.75, 3.05) is 0 Å². The summed E-state index contributed by atoms with van der Waals surface area (Å²) in [5.41, 5.74) is 1.13. The van der Waals surface area contributed by atoms with Gasteiger partial charge in [0.2, 0.25) is 15.6 Å². The van der Waals surface area contributed by atoms with Crippen molar-refractivity contribution in [1.82, 2.24) is 9.71 Å². The molecule has 0 saturated carbocycles. The first-order valence-electron chi connectivity index (χ1n) is 7.26. The van der Waals surface area contributed by atoms with Crippen LogP contribution in [-0.4, -0.2) is 13.4 Å². The predicted molar refractivity (Wildman–Crippen MR) is 94.8 cm³/mol. The Labute approximate surface area is 144 Å². The molecule has 0 aliphatic rings. The molecule has 0 aliphatic carbocycles. The predicted octanol–water partition coefficient (Wildman–Crippen LogP) is 3.22. The zero-order valence-corrected chi connectivity index (χ0v) is 14.4. The highest BCUT2D eigenvalue weighted by atomic mass is 35.5. The van der Waals surface area contributed by atoms with Crippen LogP contribution in [0, 0.1) is 0 Å². The van der Waals surface area contributed by atoms with E-state index in [2.05, 4.69) is 9.71 Å². The molecule has 2 aromatic carbocycles. The number of pyridine rings is 1. The smallest absolute Gasteiger partial charge is 0.248 e. The number of H-pyrrole nitrogens is 1. The molecule has 0 bridgehead atoms. The van der Waals surface area contributed by atoms with Crippen molar-refractivity contribution in [2.24, 2.45) is 0 Å². The molecule has 0 fully saturated rings. The van der Waals surface area contributed by atoms with Gasteiger partial charge in [0.05, 0.1) is 4.90 Å².